The number of methoxy groups -OCH3 is 1. The summed E-state index contributed by atoms with van der Waals surface area (Å²) in [6.07, 6.45) is 5.62. The summed E-state index contributed by atoms with van der Waals surface area (Å²) in [5.41, 5.74) is 1.18. The van der Waals surface area contributed by atoms with E-state index < -0.39 is 11.9 Å². The average molecular weight is 230 g/mol. The predicted octanol–water partition coefficient (Wildman–Crippen LogP) is 0.144. The number of aromatic nitrogens is 2. The van der Waals surface area contributed by atoms with Crippen molar-refractivity contribution in [2.75, 3.05) is 13.7 Å². The summed E-state index contributed by atoms with van der Waals surface area (Å²) in [4.78, 5) is 25.1. The van der Waals surface area contributed by atoms with Crippen LogP contribution in [0.5, 0.6) is 0 Å². The van der Waals surface area contributed by atoms with Gasteiger partial charge in [0.15, 0.2) is 0 Å². The van der Waals surface area contributed by atoms with Crippen LogP contribution in [0.4, 0.5) is 0 Å². The van der Waals surface area contributed by atoms with E-state index in [1.165, 1.54) is 5.69 Å². The molecule has 7 nitrogen and oxygen atoms in total. The molecule has 3 N–H and O–H groups in total. The first-order valence-electron chi connectivity index (χ1n) is 4.50. The molecular weight excluding hydrogens is 216 g/mol. The van der Waals surface area contributed by atoms with Gasteiger partial charge < -0.3 is 19.9 Å². The molecule has 16 heavy (non-hydrogen) atoms. The molecular formula is C9H14N2O5. The topological polar surface area (TPSA) is 113 Å². The minimum Gasteiger partial charge on any atom is -0.473 e. The molecule has 0 spiro atoms. The van der Waals surface area contributed by atoms with Crippen molar-refractivity contribution < 1.29 is 24.5 Å². The highest BCUT2D eigenvalue weighted by atomic mass is 16.5. The Morgan fingerprint density at radius 1 is 1.44 bits per heavy atom. The number of carboxylic acids is 2. The highest BCUT2D eigenvalue weighted by Crippen LogP contribution is 1.95. The largest absolute Gasteiger partial charge is 0.473 e. The first kappa shape index (κ1) is 14.1. The van der Waals surface area contributed by atoms with Crippen molar-refractivity contribution in [1.29, 1.82) is 0 Å². The van der Waals surface area contributed by atoms with Crippen LogP contribution in [0.1, 0.15) is 12.1 Å². The molecule has 1 aromatic rings. The van der Waals surface area contributed by atoms with Gasteiger partial charge >= 0.3 is 11.9 Å². The molecule has 0 atom stereocenters. The summed E-state index contributed by atoms with van der Waals surface area (Å²) in [6.45, 7) is 0.818. The van der Waals surface area contributed by atoms with Crippen LogP contribution in [0.25, 0.3) is 0 Å². The number of ether oxygens (including phenoxy) is 1. The number of imidazole rings is 1. The van der Waals surface area contributed by atoms with Gasteiger partial charge in [0.2, 0.25) is 0 Å². The zero-order chi connectivity index (χ0) is 12.4. The molecule has 0 radical (unpaired) electrons. The van der Waals surface area contributed by atoms with Gasteiger partial charge in [0.25, 0.3) is 0 Å². The molecule has 0 aliphatic carbocycles. The summed E-state index contributed by atoms with van der Waals surface area (Å²) in [6, 6.07) is 0. The minimum atomic E-state index is -1.82. The van der Waals surface area contributed by atoms with Gasteiger partial charge in [0.1, 0.15) is 0 Å². The molecule has 0 fully saturated rings. The van der Waals surface area contributed by atoms with E-state index in [9.17, 15) is 0 Å². The number of hydrogen-bond acceptors (Lipinski definition) is 4. The van der Waals surface area contributed by atoms with Crippen molar-refractivity contribution in [2.45, 2.75) is 12.8 Å². The van der Waals surface area contributed by atoms with Crippen LogP contribution in [0.2, 0.25) is 0 Å². The Hall–Kier alpha value is -1.89. The third kappa shape index (κ3) is 7.51. The predicted molar refractivity (Wildman–Crippen MR) is 54.1 cm³/mol. The number of nitrogens with one attached hydrogen (secondary N) is 1. The Kier molecular flexibility index (Phi) is 7.43. The molecule has 7 heteroatoms. The molecule has 1 heterocycles. The molecule has 0 aromatic carbocycles. The number of rotatable bonds is 4. The van der Waals surface area contributed by atoms with Gasteiger partial charge in [-0.25, -0.2) is 14.6 Å². The van der Waals surface area contributed by atoms with Crippen LogP contribution in [0.3, 0.4) is 0 Å². The third-order valence-corrected chi connectivity index (χ3v) is 1.53. The van der Waals surface area contributed by atoms with Gasteiger partial charge in [0.05, 0.1) is 6.33 Å². The van der Waals surface area contributed by atoms with Gasteiger partial charge in [0, 0.05) is 25.6 Å². The lowest BCUT2D eigenvalue weighted by atomic mass is 10.3. The number of carbonyl (C=O) groups is 2. The van der Waals surface area contributed by atoms with Crippen LogP contribution in [-0.4, -0.2) is 45.8 Å². The Morgan fingerprint density at radius 3 is 2.44 bits per heavy atom. The Morgan fingerprint density at radius 2 is 2.06 bits per heavy atom. The van der Waals surface area contributed by atoms with Gasteiger partial charge in [-0.15, -0.1) is 0 Å². The van der Waals surface area contributed by atoms with E-state index in [0.717, 1.165) is 19.4 Å². The second-order valence-electron chi connectivity index (χ2n) is 2.78. The zero-order valence-corrected chi connectivity index (χ0v) is 8.84. The fourth-order valence-electron chi connectivity index (χ4n) is 0.828. The van der Waals surface area contributed by atoms with Gasteiger partial charge in [-0.3, -0.25) is 0 Å². The molecule has 0 saturated heterocycles. The molecule has 0 aliphatic rings. The van der Waals surface area contributed by atoms with Crippen LogP contribution in [0, 0.1) is 0 Å². The molecule has 0 unspecified atom stereocenters. The maximum atomic E-state index is 9.10. The average Bonchev–Trinajstić information content (AvgIpc) is 2.72. The summed E-state index contributed by atoms with van der Waals surface area (Å²) < 4.78 is 4.91. The second-order valence-corrected chi connectivity index (χ2v) is 2.78. The normalized spacial score (nSPS) is 9.06. The standard InChI is InChI=1S/C7H12N2O.C2H2O4/c1-10-4-2-3-7-5-8-6-9-7;3-1(4)2(5)6/h5-6H,2-4H2,1H3,(H,8,9);(H,3,4)(H,5,6). The molecule has 0 bridgehead atoms. The van der Waals surface area contributed by atoms with E-state index in [0.29, 0.717) is 0 Å². The van der Waals surface area contributed by atoms with Gasteiger partial charge in [-0.2, -0.15) is 0 Å². The summed E-state index contributed by atoms with van der Waals surface area (Å²) in [5.74, 6) is -3.65. The number of aliphatic carboxylic acids is 2. The number of carboxylic acid groups (broad SMARTS) is 2. The highest BCUT2D eigenvalue weighted by molar-refractivity contribution is 6.27. The van der Waals surface area contributed by atoms with Crippen molar-refractivity contribution in [3.63, 3.8) is 0 Å². The molecule has 0 aliphatic heterocycles. The lowest BCUT2D eigenvalue weighted by Crippen LogP contribution is -2.09. The summed E-state index contributed by atoms with van der Waals surface area (Å²) >= 11 is 0. The second kappa shape index (κ2) is 8.42. The fourth-order valence-corrected chi connectivity index (χ4v) is 0.828. The quantitative estimate of drug-likeness (QED) is 0.501. The third-order valence-electron chi connectivity index (χ3n) is 1.53. The van der Waals surface area contributed by atoms with Crippen molar-refractivity contribution in [3.05, 3.63) is 18.2 Å². The lowest BCUT2D eigenvalue weighted by molar-refractivity contribution is -0.159. The first-order chi connectivity index (χ1) is 7.57. The zero-order valence-electron chi connectivity index (χ0n) is 8.84. The van der Waals surface area contributed by atoms with Gasteiger partial charge in [-0.1, -0.05) is 0 Å². The number of aromatic amines is 1. The van der Waals surface area contributed by atoms with Gasteiger partial charge in [-0.05, 0) is 12.8 Å². The van der Waals surface area contributed by atoms with Crippen molar-refractivity contribution in [1.82, 2.24) is 9.97 Å². The molecule has 1 aromatic heterocycles. The molecule has 90 valence electrons. The maximum absolute atomic E-state index is 9.10. The molecule has 1 rings (SSSR count). The Bertz CT molecular complexity index is 298. The van der Waals surface area contributed by atoms with Crippen molar-refractivity contribution in [2.24, 2.45) is 0 Å². The van der Waals surface area contributed by atoms with Crippen LogP contribution < -0.4 is 0 Å². The van der Waals surface area contributed by atoms with Crippen LogP contribution >= 0.6 is 0 Å². The van der Waals surface area contributed by atoms with Crippen molar-refractivity contribution in [3.8, 4) is 0 Å². The fraction of sp³-hybridized carbons (Fsp3) is 0.444. The molecule has 0 saturated carbocycles. The van der Waals surface area contributed by atoms with E-state index in [1.54, 1.807) is 13.4 Å². The van der Waals surface area contributed by atoms with Crippen molar-refractivity contribution >= 4 is 11.9 Å². The SMILES string of the molecule is COCCCc1cnc[nH]1.O=C(O)C(=O)O. The van der Waals surface area contributed by atoms with E-state index in [2.05, 4.69) is 9.97 Å². The Labute approximate surface area is 92.1 Å². The maximum Gasteiger partial charge on any atom is 0.414 e. The number of hydrogen-bond donors (Lipinski definition) is 3. The number of aryl methyl sites for hydroxylation is 1. The highest BCUT2D eigenvalue weighted by Gasteiger charge is 2.04. The minimum absolute atomic E-state index is 0.818. The lowest BCUT2D eigenvalue weighted by Gasteiger charge is -1.95. The van der Waals surface area contributed by atoms with Crippen LogP contribution in [-0.2, 0) is 20.7 Å². The molecule has 0 amide bonds. The van der Waals surface area contributed by atoms with E-state index in [4.69, 9.17) is 24.5 Å². The monoisotopic (exact) mass is 230 g/mol. The smallest absolute Gasteiger partial charge is 0.414 e. The number of H-pyrrole nitrogens is 1. The summed E-state index contributed by atoms with van der Waals surface area (Å²) in [5, 5.41) is 14.8. The Balaban J connectivity index is 0.000000325. The number of nitrogens with zero attached hydrogens (tertiary/aromatic N) is 1. The van der Waals surface area contributed by atoms with E-state index in [1.807, 2.05) is 6.20 Å². The van der Waals surface area contributed by atoms with E-state index in [-0.39, 0.29) is 0 Å². The first-order valence-corrected chi connectivity index (χ1v) is 4.50. The van der Waals surface area contributed by atoms with E-state index >= 15 is 0 Å². The van der Waals surface area contributed by atoms with Crippen LogP contribution in [0.15, 0.2) is 12.5 Å². The summed E-state index contributed by atoms with van der Waals surface area (Å²) in [7, 11) is 1.72.